The highest BCUT2D eigenvalue weighted by Crippen LogP contribution is 2.25. The van der Waals surface area contributed by atoms with E-state index < -0.39 is 0 Å². The summed E-state index contributed by atoms with van der Waals surface area (Å²) in [7, 11) is 0. The summed E-state index contributed by atoms with van der Waals surface area (Å²) in [4.78, 5) is 20.6. The van der Waals surface area contributed by atoms with E-state index in [0.717, 1.165) is 53.7 Å². The normalized spacial score (nSPS) is 14.8. The molecule has 0 spiro atoms. The van der Waals surface area contributed by atoms with Crippen molar-refractivity contribution in [2.45, 2.75) is 26.3 Å². The Morgan fingerprint density at radius 2 is 1.89 bits per heavy atom. The molecule has 5 rings (SSSR count). The summed E-state index contributed by atoms with van der Waals surface area (Å²) in [6, 6.07) is 0. The van der Waals surface area contributed by atoms with Crippen molar-refractivity contribution in [3.63, 3.8) is 0 Å². The van der Waals surface area contributed by atoms with Crippen molar-refractivity contribution in [2.75, 3.05) is 18.4 Å². The molecule has 5 heterocycles. The zero-order valence-electron chi connectivity index (χ0n) is 15.6. The van der Waals surface area contributed by atoms with Crippen LogP contribution in [0.3, 0.4) is 0 Å². The molecule has 0 atom stereocenters. The standard InChI is InChI=1S/C19H21N9/c1-13-11-28-16(14-6-23-24-7-14)10-22-19(28)18(25-13)26-15-8-20-17(21-9-15)12-27-4-2-3-5-27/h6-11H,2-5,12H2,1H3,(H,23,24)(H,25,26). The minimum atomic E-state index is 0.672. The van der Waals surface area contributed by atoms with Gasteiger partial charge in [-0.25, -0.2) is 19.9 Å². The van der Waals surface area contributed by atoms with Gasteiger partial charge in [0.1, 0.15) is 5.82 Å². The molecule has 1 fully saturated rings. The number of fused-ring (bicyclic) bond motifs is 1. The fraction of sp³-hybridized carbons (Fsp3) is 0.316. The SMILES string of the molecule is Cc1cn2c(-c3cn[nH]c3)cnc2c(Nc2cnc(CN3CCCC3)nc2)n1. The van der Waals surface area contributed by atoms with Crippen LogP contribution in [0.4, 0.5) is 11.5 Å². The lowest BCUT2D eigenvalue weighted by molar-refractivity contribution is 0.322. The van der Waals surface area contributed by atoms with Gasteiger partial charge >= 0.3 is 0 Å². The van der Waals surface area contributed by atoms with Gasteiger partial charge in [0, 0.05) is 18.0 Å². The molecule has 0 bridgehead atoms. The molecule has 9 heteroatoms. The third-order valence-corrected chi connectivity index (χ3v) is 4.94. The first-order chi connectivity index (χ1) is 13.8. The maximum Gasteiger partial charge on any atom is 0.180 e. The summed E-state index contributed by atoms with van der Waals surface area (Å²) in [6.45, 7) is 5.03. The van der Waals surface area contributed by atoms with E-state index >= 15 is 0 Å². The molecule has 4 aromatic rings. The van der Waals surface area contributed by atoms with Crippen LogP contribution in [0.5, 0.6) is 0 Å². The lowest BCUT2D eigenvalue weighted by Gasteiger charge is -2.13. The number of aromatic amines is 1. The Hall–Kier alpha value is -3.33. The second kappa shape index (κ2) is 7.01. The molecule has 0 aliphatic carbocycles. The monoisotopic (exact) mass is 375 g/mol. The minimum absolute atomic E-state index is 0.672. The predicted molar refractivity (Wildman–Crippen MR) is 105 cm³/mol. The van der Waals surface area contributed by atoms with Crippen LogP contribution in [0.1, 0.15) is 24.4 Å². The molecule has 2 N–H and O–H groups in total. The van der Waals surface area contributed by atoms with Crippen LogP contribution in [-0.4, -0.2) is 52.5 Å². The highest BCUT2D eigenvalue weighted by atomic mass is 15.2. The maximum absolute atomic E-state index is 4.62. The number of aromatic nitrogens is 7. The smallest absolute Gasteiger partial charge is 0.180 e. The number of hydrogen-bond donors (Lipinski definition) is 2. The van der Waals surface area contributed by atoms with Crippen molar-refractivity contribution < 1.29 is 0 Å². The molecule has 1 saturated heterocycles. The zero-order valence-corrected chi connectivity index (χ0v) is 15.6. The van der Waals surface area contributed by atoms with Gasteiger partial charge in [0.25, 0.3) is 0 Å². The van der Waals surface area contributed by atoms with Gasteiger partial charge < -0.3 is 5.32 Å². The molecule has 0 aromatic carbocycles. The first kappa shape index (κ1) is 16.8. The summed E-state index contributed by atoms with van der Waals surface area (Å²) in [6.07, 6.45) is 13.5. The molecule has 9 nitrogen and oxygen atoms in total. The fourth-order valence-corrected chi connectivity index (χ4v) is 3.58. The molecule has 1 aliphatic heterocycles. The largest absolute Gasteiger partial charge is 0.335 e. The van der Waals surface area contributed by atoms with E-state index in [9.17, 15) is 0 Å². The Labute approximate surface area is 161 Å². The van der Waals surface area contributed by atoms with E-state index in [1.807, 2.05) is 29.9 Å². The zero-order chi connectivity index (χ0) is 18.9. The summed E-state index contributed by atoms with van der Waals surface area (Å²) in [5, 5.41) is 10.2. The molecular weight excluding hydrogens is 354 g/mol. The topological polar surface area (TPSA) is 99.9 Å². The van der Waals surface area contributed by atoms with Gasteiger partial charge in [-0.15, -0.1) is 0 Å². The molecule has 28 heavy (non-hydrogen) atoms. The van der Waals surface area contributed by atoms with Crippen molar-refractivity contribution in [3.05, 3.63) is 48.7 Å². The molecule has 0 radical (unpaired) electrons. The van der Waals surface area contributed by atoms with Crippen molar-refractivity contribution in [1.29, 1.82) is 0 Å². The lowest BCUT2D eigenvalue weighted by Crippen LogP contribution is -2.19. The Bertz CT molecular complexity index is 1080. The second-order valence-corrected chi connectivity index (χ2v) is 7.05. The Morgan fingerprint density at radius 3 is 2.64 bits per heavy atom. The molecular formula is C19H21N9. The number of anilines is 2. The average Bonchev–Trinajstić information content (AvgIpc) is 3.44. The van der Waals surface area contributed by atoms with Gasteiger partial charge in [-0.05, 0) is 32.9 Å². The predicted octanol–water partition coefficient (Wildman–Crippen LogP) is 2.56. The number of H-pyrrole nitrogens is 1. The minimum Gasteiger partial charge on any atom is -0.335 e. The molecule has 4 aromatic heterocycles. The molecule has 0 unspecified atom stereocenters. The second-order valence-electron chi connectivity index (χ2n) is 7.05. The number of likely N-dealkylation sites (tertiary alicyclic amines) is 1. The van der Waals surface area contributed by atoms with Gasteiger partial charge in [0.2, 0.25) is 0 Å². The first-order valence-electron chi connectivity index (χ1n) is 9.40. The Morgan fingerprint density at radius 1 is 1.07 bits per heavy atom. The van der Waals surface area contributed by atoms with Crippen LogP contribution in [0.25, 0.3) is 16.9 Å². The van der Waals surface area contributed by atoms with E-state index in [0.29, 0.717) is 5.82 Å². The fourth-order valence-electron chi connectivity index (χ4n) is 3.58. The number of nitrogens with one attached hydrogen (secondary N) is 2. The highest BCUT2D eigenvalue weighted by Gasteiger charge is 2.14. The van der Waals surface area contributed by atoms with Crippen molar-refractivity contribution in [2.24, 2.45) is 0 Å². The van der Waals surface area contributed by atoms with Gasteiger partial charge in [-0.1, -0.05) is 0 Å². The van der Waals surface area contributed by atoms with Crippen molar-refractivity contribution >= 4 is 17.2 Å². The summed E-state index contributed by atoms with van der Waals surface area (Å²) >= 11 is 0. The van der Waals surface area contributed by atoms with E-state index in [2.05, 4.69) is 40.3 Å². The van der Waals surface area contributed by atoms with Crippen LogP contribution >= 0.6 is 0 Å². The number of rotatable bonds is 5. The Balaban J connectivity index is 1.42. The third kappa shape index (κ3) is 3.20. The van der Waals surface area contributed by atoms with E-state index in [1.54, 1.807) is 18.6 Å². The van der Waals surface area contributed by atoms with Crippen LogP contribution in [0.2, 0.25) is 0 Å². The van der Waals surface area contributed by atoms with Crippen LogP contribution < -0.4 is 5.32 Å². The summed E-state index contributed by atoms with van der Waals surface area (Å²) in [5.74, 6) is 1.52. The quantitative estimate of drug-likeness (QED) is 0.553. The van der Waals surface area contributed by atoms with E-state index in [1.165, 1.54) is 12.8 Å². The van der Waals surface area contributed by atoms with Gasteiger partial charge in [-0.2, -0.15) is 5.10 Å². The van der Waals surface area contributed by atoms with E-state index in [-0.39, 0.29) is 0 Å². The van der Waals surface area contributed by atoms with Crippen LogP contribution in [0, 0.1) is 6.92 Å². The van der Waals surface area contributed by atoms with Crippen LogP contribution in [0.15, 0.2) is 37.2 Å². The molecule has 1 aliphatic rings. The third-order valence-electron chi connectivity index (χ3n) is 4.94. The van der Waals surface area contributed by atoms with E-state index in [4.69, 9.17) is 0 Å². The number of nitrogens with zero attached hydrogens (tertiary/aromatic N) is 7. The van der Waals surface area contributed by atoms with Gasteiger partial charge in [-0.3, -0.25) is 14.4 Å². The molecule has 142 valence electrons. The van der Waals surface area contributed by atoms with Crippen molar-refractivity contribution in [1.82, 2.24) is 39.4 Å². The number of hydrogen-bond acceptors (Lipinski definition) is 7. The maximum atomic E-state index is 4.62. The number of imidazole rings is 1. The van der Waals surface area contributed by atoms with Crippen LogP contribution in [-0.2, 0) is 6.54 Å². The van der Waals surface area contributed by atoms with Crippen molar-refractivity contribution in [3.8, 4) is 11.3 Å². The molecule has 0 saturated carbocycles. The highest BCUT2D eigenvalue weighted by molar-refractivity contribution is 5.73. The summed E-state index contributed by atoms with van der Waals surface area (Å²) < 4.78 is 2.01. The number of aryl methyl sites for hydroxylation is 1. The average molecular weight is 375 g/mol. The first-order valence-corrected chi connectivity index (χ1v) is 9.40. The molecule has 0 amide bonds. The van der Waals surface area contributed by atoms with Gasteiger partial charge in [0.15, 0.2) is 11.5 Å². The van der Waals surface area contributed by atoms with Gasteiger partial charge in [0.05, 0.1) is 48.4 Å². The Kier molecular flexibility index (Phi) is 4.21. The lowest BCUT2D eigenvalue weighted by atomic mass is 10.3. The summed E-state index contributed by atoms with van der Waals surface area (Å²) in [5.41, 5.74) is 4.33.